The largest absolute Gasteiger partial charge is 0.492 e. The third-order valence-corrected chi connectivity index (χ3v) is 4.95. The van der Waals surface area contributed by atoms with E-state index in [0.717, 1.165) is 0 Å². The molecule has 2 N–H and O–H groups in total. The molecule has 1 rings (SSSR count). The van der Waals surface area contributed by atoms with Crippen LogP contribution in [-0.2, 0) is 16.3 Å². The number of sulfone groups is 1. The highest BCUT2D eigenvalue weighted by atomic mass is 32.2. The van der Waals surface area contributed by atoms with E-state index in [9.17, 15) is 12.8 Å². The number of hydrogen-bond acceptors (Lipinski definition) is 4. The summed E-state index contributed by atoms with van der Waals surface area (Å²) in [6, 6.07) is 4.15. The fourth-order valence-corrected chi connectivity index (χ4v) is 2.33. The number of hydrogen-bond donors (Lipinski definition) is 1. The van der Waals surface area contributed by atoms with Gasteiger partial charge >= 0.3 is 0 Å². The molecule has 0 fully saturated rings. The predicted octanol–water partition coefficient (Wildman–Crippen LogP) is 1.53. The van der Waals surface area contributed by atoms with Crippen molar-refractivity contribution in [3.63, 3.8) is 0 Å². The van der Waals surface area contributed by atoms with Gasteiger partial charge < -0.3 is 10.5 Å². The average molecular weight is 289 g/mol. The topological polar surface area (TPSA) is 69.4 Å². The summed E-state index contributed by atoms with van der Waals surface area (Å²) >= 11 is 0. The number of halogens is 1. The zero-order chi connectivity index (χ0) is 14.5. The van der Waals surface area contributed by atoms with Gasteiger partial charge in [0.25, 0.3) is 0 Å². The number of rotatable bonds is 7. The average Bonchev–Trinajstić information content (AvgIpc) is 2.32. The standard InChI is InChI=1S/C13H20FNO3S/c1-10(2)19(16,17)8-7-18-13-4-3-12(14)9-11(13)5-6-15/h3-4,9-10H,5-8,15H2,1-2H3. The molecule has 108 valence electrons. The van der Waals surface area contributed by atoms with Gasteiger partial charge in [-0.2, -0.15) is 0 Å². The zero-order valence-electron chi connectivity index (χ0n) is 11.2. The van der Waals surface area contributed by atoms with Gasteiger partial charge in [0, 0.05) is 0 Å². The summed E-state index contributed by atoms with van der Waals surface area (Å²) in [7, 11) is -3.13. The molecule has 1 aromatic rings. The fourth-order valence-electron chi connectivity index (χ4n) is 1.54. The lowest BCUT2D eigenvalue weighted by Gasteiger charge is -2.12. The van der Waals surface area contributed by atoms with Crippen molar-refractivity contribution in [1.29, 1.82) is 0 Å². The molecule has 0 aromatic heterocycles. The first-order valence-corrected chi connectivity index (χ1v) is 7.91. The SMILES string of the molecule is CC(C)S(=O)(=O)CCOc1ccc(F)cc1CCN. The zero-order valence-corrected chi connectivity index (χ0v) is 12.0. The van der Waals surface area contributed by atoms with E-state index in [1.165, 1.54) is 18.2 Å². The van der Waals surface area contributed by atoms with Crippen LogP contribution in [0, 0.1) is 5.82 Å². The van der Waals surface area contributed by atoms with Crippen LogP contribution in [0.3, 0.4) is 0 Å². The van der Waals surface area contributed by atoms with E-state index >= 15 is 0 Å². The third kappa shape index (κ3) is 4.80. The predicted molar refractivity (Wildman–Crippen MR) is 73.6 cm³/mol. The van der Waals surface area contributed by atoms with Crippen LogP contribution in [0.15, 0.2) is 18.2 Å². The van der Waals surface area contributed by atoms with Crippen molar-refractivity contribution in [2.45, 2.75) is 25.5 Å². The molecule has 0 spiro atoms. The summed E-state index contributed by atoms with van der Waals surface area (Å²) in [6.07, 6.45) is 0.490. The molecule has 0 amide bonds. The molecule has 0 saturated heterocycles. The third-order valence-electron chi connectivity index (χ3n) is 2.78. The van der Waals surface area contributed by atoms with Crippen molar-refractivity contribution < 1.29 is 17.5 Å². The minimum absolute atomic E-state index is 0.0515. The van der Waals surface area contributed by atoms with Crippen LogP contribution in [0.2, 0.25) is 0 Å². The Hall–Kier alpha value is -1.14. The Labute approximate surface area is 113 Å². The lowest BCUT2D eigenvalue weighted by atomic mass is 10.1. The van der Waals surface area contributed by atoms with Gasteiger partial charge in [0.15, 0.2) is 9.84 Å². The quantitative estimate of drug-likeness (QED) is 0.826. The maximum absolute atomic E-state index is 13.1. The first kappa shape index (κ1) is 15.9. The highest BCUT2D eigenvalue weighted by Gasteiger charge is 2.16. The maximum Gasteiger partial charge on any atom is 0.155 e. The van der Waals surface area contributed by atoms with Crippen molar-refractivity contribution in [1.82, 2.24) is 0 Å². The van der Waals surface area contributed by atoms with Gasteiger partial charge in [-0.15, -0.1) is 0 Å². The van der Waals surface area contributed by atoms with Crippen molar-refractivity contribution >= 4 is 9.84 Å². The van der Waals surface area contributed by atoms with Crippen molar-refractivity contribution in [3.05, 3.63) is 29.6 Å². The van der Waals surface area contributed by atoms with Crippen LogP contribution in [0.1, 0.15) is 19.4 Å². The van der Waals surface area contributed by atoms with Gasteiger partial charge in [-0.1, -0.05) is 0 Å². The molecule has 0 radical (unpaired) electrons. The van der Waals surface area contributed by atoms with E-state index in [1.807, 2.05) is 0 Å². The Morgan fingerprint density at radius 3 is 2.63 bits per heavy atom. The first-order valence-electron chi connectivity index (χ1n) is 6.19. The molecule has 0 bridgehead atoms. The van der Waals surface area contributed by atoms with Gasteiger partial charge in [0.05, 0.1) is 11.0 Å². The molecule has 0 atom stereocenters. The number of ether oxygens (including phenoxy) is 1. The minimum Gasteiger partial charge on any atom is -0.492 e. The second kappa shape index (κ2) is 6.86. The maximum atomic E-state index is 13.1. The number of benzene rings is 1. The molecule has 0 aliphatic heterocycles. The molecule has 4 nitrogen and oxygen atoms in total. The normalized spacial score (nSPS) is 11.8. The first-order chi connectivity index (χ1) is 8.86. The van der Waals surface area contributed by atoms with Crippen LogP contribution < -0.4 is 10.5 Å². The van der Waals surface area contributed by atoms with Crippen LogP contribution in [0.25, 0.3) is 0 Å². The van der Waals surface area contributed by atoms with Gasteiger partial charge in [0.2, 0.25) is 0 Å². The molecule has 6 heteroatoms. The molecule has 0 aliphatic rings. The molecule has 0 aliphatic carbocycles. The monoisotopic (exact) mass is 289 g/mol. The van der Waals surface area contributed by atoms with Crippen LogP contribution >= 0.6 is 0 Å². The second-order valence-corrected chi connectivity index (χ2v) is 7.23. The van der Waals surface area contributed by atoms with Crippen LogP contribution in [0.5, 0.6) is 5.75 Å². The van der Waals surface area contributed by atoms with Crippen molar-refractivity contribution in [2.24, 2.45) is 5.73 Å². The summed E-state index contributed by atoms with van der Waals surface area (Å²) in [4.78, 5) is 0. The fraction of sp³-hybridized carbons (Fsp3) is 0.538. The van der Waals surface area contributed by atoms with Gasteiger partial charge in [0.1, 0.15) is 18.2 Å². The van der Waals surface area contributed by atoms with Crippen molar-refractivity contribution in [2.75, 3.05) is 18.9 Å². The minimum atomic E-state index is -3.13. The van der Waals surface area contributed by atoms with Gasteiger partial charge in [-0.05, 0) is 50.6 Å². The summed E-state index contributed by atoms with van der Waals surface area (Å²) in [6.45, 7) is 3.70. The molecular weight excluding hydrogens is 269 g/mol. The van der Waals surface area contributed by atoms with Gasteiger partial charge in [-0.3, -0.25) is 0 Å². The molecule has 0 heterocycles. The molecular formula is C13H20FNO3S. The van der Waals surface area contributed by atoms with E-state index < -0.39 is 15.1 Å². The van der Waals surface area contributed by atoms with Crippen LogP contribution in [0.4, 0.5) is 4.39 Å². The summed E-state index contributed by atoms with van der Waals surface area (Å²) < 4.78 is 41.8. The van der Waals surface area contributed by atoms with E-state index in [1.54, 1.807) is 13.8 Å². The molecule has 0 unspecified atom stereocenters. The molecule has 0 saturated carbocycles. The molecule has 1 aromatic carbocycles. The van der Waals surface area contributed by atoms with E-state index in [4.69, 9.17) is 10.5 Å². The lowest BCUT2D eigenvalue weighted by molar-refractivity contribution is 0.336. The smallest absolute Gasteiger partial charge is 0.155 e. The Morgan fingerprint density at radius 1 is 1.37 bits per heavy atom. The van der Waals surface area contributed by atoms with E-state index in [-0.39, 0.29) is 18.2 Å². The van der Waals surface area contributed by atoms with Gasteiger partial charge in [-0.25, -0.2) is 12.8 Å². The van der Waals surface area contributed by atoms with Crippen molar-refractivity contribution in [3.8, 4) is 5.75 Å². The lowest BCUT2D eigenvalue weighted by Crippen LogP contribution is -2.22. The molecule has 19 heavy (non-hydrogen) atoms. The Morgan fingerprint density at radius 2 is 2.05 bits per heavy atom. The van der Waals surface area contributed by atoms with E-state index in [0.29, 0.717) is 24.3 Å². The summed E-state index contributed by atoms with van der Waals surface area (Å²) in [5.41, 5.74) is 6.10. The summed E-state index contributed by atoms with van der Waals surface area (Å²) in [5.74, 6) is 0.0841. The Kier molecular flexibility index (Phi) is 5.75. The van der Waals surface area contributed by atoms with Crippen LogP contribution in [-0.4, -0.2) is 32.6 Å². The number of nitrogens with two attached hydrogens (primary N) is 1. The second-order valence-electron chi connectivity index (χ2n) is 4.55. The highest BCUT2D eigenvalue weighted by molar-refractivity contribution is 7.91. The Balaban J connectivity index is 2.68. The Bertz CT molecular complexity index is 515. The summed E-state index contributed by atoms with van der Waals surface area (Å²) in [5, 5.41) is -0.423. The highest BCUT2D eigenvalue weighted by Crippen LogP contribution is 2.20. The van der Waals surface area contributed by atoms with E-state index in [2.05, 4.69) is 0 Å².